The molecule has 0 amide bonds. The molecule has 0 bridgehead atoms. The number of hydrogen-bond donors (Lipinski definition) is 0. The van der Waals surface area contributed by atoms with E-state index in [1.807, 2.05) is 48.5 Å². The summed E-state index contributed by atoms with van der Waals surface area (Å²) in [7, 11) is 0. The van der Waals surface area contributed by atoms with Crippen LogP contribution < -0.4 is 14.2 Å². The molecule has 0 aliphatic carbocycles. The van der Waals surface area contributed by atoms with Crippen LogP contribution in [0.5, 0.6) is 34.5 Å². The van der Waals surface area contributed by atoms with Crippen LogP contribution in [0.15, 0.2) is 516 Å². The summed E-state index contributed by atoms with van der Waals surface area (Å²) in [6, 6.07) is 171. The molecule has 27 aromatic rings. The Hall–Kier alpha value is -19.7. The molecule has 0 saturated carbocycles. The standard InChI is InChI=1S/C48H29NO.C47H29NO3.C47H30O/c49-29-30-17-19-31(20-18-30)32-21-23-33(24-22-32)34-25-27-35(28-26-34)44-45-40-13-5-1-9-36(40)38-11-3-7-15-42(38)47(45)50-48-43-16-8-4-12-39(43)37-10-2-6-14-41(37)46(44)48;49-48(50)34-27-25-32(26-28-34)30-19-17-29(18-20-30)31-21-23-33(24-22-31)43-44-39-13-5-1-9-35(39)37-11-3-7-15-41(37)46(44)51-47-42-16-8-4-12-38(42)36-10-2-6-14-40(36)45(43)47;1-2-12-30(13-3-1)31-22-24-32(25-23-31)33-26-28-34(29-27-33)43-44-39-18-8-4-14-35(39)37-16-6-10-20-41(37)46(44)48-47-42-21-11-7-17-38(42)36-15-5-9-19-40(36)45(43)47/h1-28,44H;1-28,43H;1-29,43H/i;;1D,2D,3D,12D,13D. The molecule has 3 aliphatic heterocycles. The molecule has 0 saturated heterocycles. The first-order chi connectivity index (χ1) is 75.8. The zero-order valence-electron chi connectivity index (χ0n) is 85.4. The largest absolute Gasteiger partial charge is 0.455 e. The van der Waals surface area contributed by atoms with Gasteiger partial charge < -0.3 is 14.2 Å². The van der Waals surface area contributed by atoms with Crippen molar-refractivity contribution in [3.05, 3.63) is 581 Å². The highest BCUT2D eigenvalue weighted by Crippen LogP contribution is 2.62. The van der Waals surface area contributed by atoms with Gasteiger partial charge in [0.15, 0.2) is 0 Å². The number of hydrogen-bond acceptors (Lipinski definition) is 6. The SMILES string of the molecule is N#Cc1ccc(-c2ccc(-c3ccc(C4c5c(c6ccccc6c6ccccc56)Oc5c4c4ccccc4c4ccccc54)cc3)cc2)cc1.O=[N+]([O-])c1ccc(-c2ccc(-c3ccc(C4c5c(c6ccccc6c6ccccc56)Oc5c4c4ccccc4c4ccccc54)cc3)cc2)cc1.[2H]c1c([2H])c([2H])c(-c2ccc(-c3ccc(C4c5c(c6ccccc6c6ccccc56)Oc5c4c4ccccc4c4ccccc54)cc3)cc2)c([2H])c1[2H]. The normalized spacial score (nSPS) is 13.0. The quantitative estimate of drug-likeness (QED) is 0.0769. The fourth-order valence-corrected chi connectivity index (χ4v) is 24.0. The lowest BCUT2D eigenvalue weighted by molar-refractivity contribution is -0.384. The zero-order valence-corrected chi connectivity index (χ0v) is 80.4. The Bertz CT molecular complexity index is 10100. The molecule has 0 unspecified atom stereocenters. The fourth-order valence-electron chi connectivity index (χ4n) is 24.0. The van der Waals surface area contributed by atoms with Crippen molar-refractivity contribution in [1.29, 1.82) is 5.26 Å². The number of non-ortho nitro benzene ring substituents is 1. The fraction of sp³-hybridized carbons (Fsp3) is 0.0211. The first kappa shape index (κ1) is 81.9. The Labute approximate surface area is 866 Å². The van der Waals surface area contributed by atoms with Crippen LogP contribution in [0.25, 0.3) is 196 Å². The zero-order chi connectivity index (χ0) is 103. The van der Waals surface area contributed by atoms with Gasteiger partial charge in [0.05, 0.1) is 23.4 Å². The highest BCUT2D eigenvalue weighted by molar-refractivity contribution is 6.22. The molecule has 3 heterocycles. The summed E-state index contributed by atoms with van der Waals surface area (Å²) in [5.74, 6) is 5.27. The summed E-state index contributed by atoms with van der Waals surface area (Å²) < 4.78 is 62.6. The Kier molecular flexibility index (Phi) is 19.8. The second-order valence-corrected chi connectivity index (χ2v) is 38.7. The minimum atomic E-state index is -0.391. The Morgan fingerprint density at radius 3 is 0.537 bits per heavy atom. The lowest BCUT2D eigenvalue weighted by Gasteiger charge is -2.33. The van der Waals surface area contributed by atoms with Crippen LogP contribution in [0.3, 0.4) is 0 Å². The maximum absolute atomic E-state index is 11.1. The first-order valence-electron chi connectivity index (χ1n) is 52.9. The van der Waals surface area contributed by atoms with Crippen molar-refractivity contribution in [2.75, 3.05) is 0 Å². The second-order valence-electron chi connectivity index (χ2n) is 38.7. The average molecular weight is 1910 g/mol. The molecule has 0 N–H and O–H groups in total. The lowest BCUT2D eigenvalue weighted by atomic mass is 9.76. The van der Waals surface area contributed by atoms with Crippen LogP contribution in [0.4, 0.5) is 5.69 Å². The molecule has 30 rings (SSSR count). The summed E-state index contributed by atoms with van der Waals surface area (Å²) in [5.41, 5.74) is 23.0. The molecular weight excluding hydrogens is 1810 g/mol. The topological polar surface area (TPSA) is 94.6 Å². The van der Waals surface area contributed by atoms with E-state index in [2.05, 4.69) is 419 Å². The van der Waals surface area contributed by atoms with Crippen molar-refractivity contribution in [2.24, 2.45) is 0 Å². The molecule has 0 spiro atoms. The number of nitriles is 1. The smallest absolute Gasteiger partial charge is 0.269 e. The number of benzene rings is 27. The monoisotopic (exact) mass is 1910 g/mol. The minimum absolute atomic E-state index is 0.0504. The Morgan fingerprint density at radius 2 is 0.349 bits per heavy atom. The van der Waals surface area contributed by atoms with E-state index in [0.29, 0.717) is 11.1 Å². The third-order valence-electron chi connectivity index (χ3n) is 30.8. The van der Waals surface area contributed by atoms with Gasteiger partial charge in [-0.2, -0.15) is 5.26 Å². The Balaban J connectivity index is 0.000000110. The van der Waals surface area contributed by atoms with Crippen molar-refractivity contribution in [2.45, 2.75) is 17.8 Å². The third-order valence-corrected chi connectivity index (χ3v) is 30.8. The molecule has 0 aromatic heterocycles. The predicted octanol–water partition coefficient (Wildman–Crippen LogP) is 38.5. The molecule has 3 aliphatic rings. The molecule has 149 heavy (non-hydrogen) atoms. The number of ether oxygens (including phenoxy) is 3. The van der Waals surface area contributed by atoms with Gasteiger partial charge in [0.25, 0.3) is 5.69 Å². The van der Waals surface area contributed by atoms with Crippen LogP contribution in [0.1, 0.15) is 80.2 Å². The second kappa shape index (κ2) is 36.0. The van der Waals surface area contributed by atoms with Crippen LogP contribution in [-0.4, -0.2) is 4.92 Å². The summed E-state index contributed by atoms with van der Waals surface area (Å²) in [6.45, 7) is 0. The molecular formula is C142H88N2O5. The number of fused-ring (bicyclic) bond motifs is 36. The maximum Gasteiger partial charge on any atom is 0.269 e. The van der Waals surface area contributed by atoms with Crippen LogP contribution in [0.2, 0.25) is 0 Å². The van der Waals surface area contributed by atoms with Crippen LogP contribution in [-0.2, 0) is 0 Å². The van der Waals surface area contributed by atoms with E-state index in [4.69, 9.17) is 21.1 Å². The minimum Gasteiger partial charge on any atom is -0.455 e. The van der Waals surface area contributed by atoms with Gasteiger partial charge in [-0.05, 0) is 205 Å². The van der Waals surface area contributed by atoms with Crippen molar-refractivity contribution < 1.29 is 26.0 Å². The molecule has 7 heteroatoms. The third kappa shape index (κ3) is 14.6. The average Bonchev–Trinajstić information content (AvgIpc) is 0.704. The van der Waals surface area contributed by atoms with Crippen LogP contribution in [0, 0.1) is 21.4 Å². The van der Waals surface area contributed by atoms with Gasteiger partial charge in [0.2, 0.25) is 0 Å². The van der Waals surface area contributed by atoms with E-state index in [1.165, 1.54) is 125 Å². The Morgan fingerprint density at radius 1 is 0.195 bits per heavy atom. The van der Waals surface area contributed by atoms with Gasteiger partial charge in [-0.15, -0.1) is 0 Å². The van der Waals surface area contributed by atoms with E-state index in [9.17, 15) is 15.4 Å². The lowest BCUT2D eigenvalue weighted by Crippen LogP contribution is -2.14. The predicted molar refractivity (Wildman–Crippen MR) is 615 cm³/mol. The highest BCUT2D eigenvalue weighted by Gasteiger charge is 2.40. The van der Waals surface area contributed by atoms with Gasteiger partial charge in [-0.1, -0.05) is 479 Å². The summed E-state index contributed by atoms with van der Waals surface area (Å²) in [4.78, 5) is 10.7. The van der Waals surface area contributed by atoms with Crippen molar-refractivity contribution in [3.8, 4) is 107 Å². The molecule has 0 atom stereocenters. The van der Waals surface area contributed by atoms with Gasteiger partial charge in [-0.3, -0.25) is 10.1 Å². The summed E-state index contributed by atoms with van der Waals surface area (Å²) in [5, 5.41) is 48.6. The number of nitro benzene ring substituents is 1. The summed E-state index contributed by atoms with van der Waals surface area (Å²) >= 11 is 0. The van der Waals surface area contributed by atoms with Gasteiger partial charge in [0.1, 0.15) is 34.5 Å². The highest BCUT2D eigenvalue weighted by atomic mass is 16.6. The van der Waals surface area contributed by atoms with E-state index >= 15 is 0 Å². The van der Waals surface area contributed by atoms with E-state index in [-0.39, 0.29) is 58.1 Å². The summed E-state index contributed by atoms with van der Waals surface area (Å²) in [6.07, 6.45) is 0. The van der Waals surface area contributed by atoms with Gasteiger partial charge in [0, 0.05) is 95.6 Å². The first-order valence-corrected chi connectivity index (χ1v) is 50.4. The molecule has 27 aromatic carbocycles. The van der Waals surface area contributed by atoms with Crippen molar-refractivity contribution >= 4 is 135 Å². The molecule has 0 fully saturated rings. The number of nitrogens with zero attached hydrogens (tertiary/aromatic N) is 2. The molecule has 0 radical (unpaired) electrons. The van der Waals surface area contributed by atoms with E-state index in [0.717, 1.165) is 144 Å². The number of rotatable bonds is 10. The van der Waals surface area contributed by atoms with Gasteiger partial charge in [-0.25, -0.2) is 0 Å². The molecule has 696 valence electrons. The van der Waals surface area contributed by atoms with Gasteiger partial charge >= 0.3 is 0 Å². The van der Waals surface area contributed by atoms with E-state index < -0.39 is 6.04 Å². The molecule has 7 nitrogen and oxygen atoms in total. The van der Waals surface area contributed by atoms with Crippen LogP contribution >= 0.6 is 0 Å². The van der Waals surface area contributed by atoms with Crippen molar-refractivity contribution in [1.82, 2.24) is 0 Å². The maximum atomic E-state index is 11.1. The number of nitro groups is 1. The van der Waals surface area contributed by atoms with E-state index in [1.54, 1.807) is 24.3 Å². The van der Waals surface area contributed by atoms with Crippen molar-refractivity contribution in [3.63, 3.8) is 0 Å².